The highest BCUT2D eigenvalue weighted by Crippen LogP contribution is 2.41. The Bertz CT molecular complexity index is 1970. The molecule has 0 bridgehead atoms. The van der Waals surface area contributed by atoms with Crippen molar-refractivity contribution in [3.8, 4) is 0 Å². The van der Waals surface area contributed by atoms with Gasteiger partial charge in [0, 0.05) is 37.0 Å². The molecule has 1 aliphatic carbocycles. The smallest absolute Gasteiger partial charge is 0.121 e. The number of fused-ring (bicyclic) bond motifs is 2. The van der Waals surface area contributed by atoms with E-state index in [9.17, 15) is 0 Å². The molecular weight excluding hydrogens is 589 g/mol. The number of nitrogens with one attached hydrogen (secondary N) is 2. The van der Waals surface area contributed by atoms with Crippen LogP contribution in [0.1, 0.15) is 70.6 Å². The number of aromatic nitrogens is 5. The summed E-state index contributed by atoms with van der Waals surface area (Å²) < 4.78 is 2.40. The third kappa shape index (κ3) is 5.73. The number of H-pyrrole nitrogens is 1. The Morgan fingerprint density at radius 1 is 0.750 bits per heavy atom. The molecule has 3 heterocycles. The van der Waals surface area contributed by atoms with Crippen molar-refractivity contribution in [1.82, 2.24) is 29.8 Å². The Morgan fingerprint density at radius 2 is 1.42 bits per heavy atom. The van der Waals surface area contributed by atoms with Crippen LogP contribution in [0.15, 0.2) is 140 Å². The van der Waals surface area contributed by atoms with Crippen LogP contribution in [0, 0.1) is 0 Å². The van der Waals surface area contributed by atoms with Gasteiger partial charge in [-0.2, -0.15) is 0 Å². The SMILES string of the molecule is c1ccc(C(c2ccccc2)(c2ccccc2)n2ccnc2CCCNC2CCCc3ccc(Cc4nc5ccccc5[nH]4)nc32)cc1. The molecule has 0 aliphatic heterocycles. The Labute approximate surface area is 282 Å². The number of hydrogen-bond acceptors (Lipinski definition) is 4. The summed E-state index contributed by atoms with van der Waals surface area (Å²) in [6, 6.07) is 45.4. The van der Waals surface area contributed by atoms with Crippen molar-refractivity contribution >= 4 is 11.0 Å². The lowest BCUT2D eigenvalue weighted by molar-refractivity contribution is 0.437. The van der Waals surface area contributed by atoms with Crippen LogP contribution in [0.5, 0.6) is 0 Å². The molecule has 0 amide bonds. The Kier molecular flexibility index (Phi) is 8.40. The minimum absolute atomic E-state index is 0.251. The zero-order valence-corrected chi connectivity index (χ0v) is 27.1. The van der Waals surface area contributed by atoms with Crippen molar-refractivity contribution in [2.75, 3.05) is 6.54 Å². The molecule has 3 aromatic heterocycles. The topological polar surface area (TPSA) is 71.4 Å². The van der Waals surface area contributed by atoms with E-state index in [1.165, 1.54) is 34.4 Å². The lowest BCUT2D eigenvalue weighted by Crippen LogP contribution is -2.38. The summed E-state index contributed by atoms with van der Waals surface area (Å²) in [6.45, 7) is 0.890. The second-order valence-electron chi connectivity index (χ2n) is 12.7. The average molecular weight is 629 g/mol. The molecule has 0 spiro atoms. The van der Waals surface area contributed by atoms with Crippen molar-refractivity contribution in [2.24, 2.45) is 0 Å². The van der Waals surface area contributed by atoms with Crippen molar-refractivity contribution in [1.29, 1.82) is 0 Å². The Morgan fingerprint density at radius 3 is 2.10 bits per heavy atom. The molecule has 1 unspecified atom stereocenters. The lowest BCUT2D eigenvalue weighted by Gasteiger charge is -2.38. The molecule has 1 atom stereocenters. The number of pyridine rings is 1. The minimum Gasteiger partial charge on any atom is -0.342 e. The third-order valence-electron chi connectivity index (χ3n) is 9.75. The zero-order chi connectivity index (χ0) is 32.2. The summed E-state index contributed by atoms with van der Waals surface area (Å²) in [5.74, 6) is 2.03. The number of benzene rings is 4. The van der Waals surface area contributed by atoms with E-state index in [2.05, 4.69) is 130 Å². The highest BCUT2D eigenvalue weighted by molar-refractivity contribution is 5.74. The third-order valence-corrected chi connectivity index (χ3v) is 9.75. The van der Waals surface area contributed by atoms with Crippen LogP contribution in [0.25, 0.3) is 11.0 Å². The molecule has 6 nitrogen and oxygen atoms in total. The quantitative estimate of drug-likeness (QED) is 0.112. The number of aryl methyl sites for hydroxylation is 2. The molecule has 0 fully saturated rings. The van der Waals surface area contributed by atoms with Crippen molar-refractivity contribution in [2.45, 2.75) is 50.1 Å². The van der Waals surface area contributed by atoms with E-state index in [1.807, 2.05) is 24.4 Å². The standard InChI is InChI=1S/C42H40N6/c1-4-15-32(16-5-1)42(33-17-6-2-7-18-33,34-19-8-3-9-20-34)48-29-28-44-40(48)24-13-27-43-38-23-12-14-31-25-26-35(45-41(31)38)30-39-46-36-21-10-11-22-37(36)47-39/h1-11,15-22,25-26,28-29,38,43H,12-14,23-24,27,30H2,(H,46,47). The van der Waals surface area contributed by atoms with E-state index in [-0.39, 0.29) is 6.04 Å². The first-order valence-corrected chi connectivity index (χ1v) is 17.1. The minimum atomic E-state index is -0.550. The fourth-order valence-corrected chi connectivity index (χ4v) is 7.55. The molecule has 2 N–H and O–H groups in total. The molecule has 0 radical (unpaired) electrons. The van der Waals surface area contributed by atoms with Gasteiger partial charge >= 0.3 is 0 Å². The van der Waals surface area contributed by atoms with E-state index in [4.69, 9.17) is 15.0 Å². The highest BCUT2D eigenvalue weighted by atomic mass is 15.1. The average Bonchev–Trinajstić information content (AvgIpc) is 3.79. The molecule has 238 valence electrons. The number of imidazole rings is 2. The van der Waals surface area contributed by atoms with Gasteiger partial charge in [-0.1, -0.05) is 109 Å². The fraction of sp³-hybridized carbons (Fsp3) is 0.214. The Hall–Kier alpha value is -5.33. The van der Waals surface area contributed by atoms with Crippen LogP contribution < -0.4 is 5.32 Å². The van der Waals surface area contributed by atoms with Crippen LogP contribution in [0.4, 0.5) is 0 Å². The monoisotopic (exact) mass is 628 g/mol. The summed E-state index contributed by atoms with van der Waals surface area (Å²) in [6.07, 6.45) is 9.99. The molecule has 1 aliphatic rings. The van der Waals surface area contributed by atoms with Gasteiger partial charge in [0.2, 0.25) is 0 Å². The molecule has 8 rings (SSSR count). The summed E-state index contributed by atoms with van der Waals surface area (Å²) in [5, 5.41) is 3.88. The van der Waals surface area contributed by atoms with Crippen LogP contribution >= 0.6 is 0 Å². The second-order valence-corrected chi connectivity index (χ2v) is 12.7. The van der Waals surface area contributed by atoms with Gasteiger partial charge in [-0.25, -0.2) is 9.97 Å². The summed E-state index contributed by atoms with van der Waals surface area (Å²) in [7, 11) is 0. The maximum absolute atomic E-state index is 5.20. The second kappa shape index (κ2) is 13.4. The molecule has 6 heteroatoms. The maximum atomic E-state index is 5.20. The van der Waals surface area contributed by atoms with E-state index >= 15 is 0 Å². The Balaban J connectivity index is 1.02. The van der Waals surface area contributed by atoms with Gasteiger partial charge in [-0.15, -0.1) is 0 Å². The molecule has 48 heavy (non-hydrogen) atoms. The number of para-hydroxylation sites is 2. The predicted molar refractivity (Wildman–Crippen MR) is 192 cm³/mol. The van der Waals surface area contributed by atoms with Gasteiger partial charge in [0.1, 0.15) is 17.2 Å². The van der Waals surface area contributed by atoms with Gasteiger partial charge in [0.05, 0.1) is 16.7 Å². The summed E-state index contributed by atoms with van der Waals surface area (Å²) >= 11 is 0. The molecule has 4 aromatic carbocycles. The van der Waals surface area contributed by atoms with Gasteiger partial charge in [-0.3, -0.25) is 4.98 Å². The van der Waals surface area contributed by atoms with Crippen molar-refractivity contribution < 1.29 is 0 Å². The maximum Gasteiger partial charge on any atom is 0.121 e. The fourth-order valence-electron chi connectivity index (χ4n) is 7.55. The first-order chi connectivity index (χ1) is 23.8. The van der Waals surface area contributed by atoms with E-state index in [0.717, 1.165) is 60.6 Å². The predicted octanol–water partition coefficient (Wildman–Crippen LogP) is 8.19. The van der Waals surface area contributed by atoms with Crippen LogP contribution in [0.3, 0.4) is 0 Å². The van der Waals surface area contributed by atoms with E-state index in [0.29, 0.717) is 6.42 Å². The normalized spacial score (nSPS) is 14.6. The number of rotatable bonds is 11. The van der Waals surface area contributed by atoms with Crippen LogP contribution in [-0.2, 0) is 24.8 Å². The van der Waals surface area contributed by atoms with Crippen molar-refractivity contribution in [3.63, 3.8) is 0 Å². The van der Waals surface area contributed by atoms with Crippen LogP contribution in [0.2, 0.25) is 0 Å². The first kappa shape index (κ1) is 30.0. The van der Waals surface area contributed by atoms with E-state index < -0.39 is 5.54 Å². The lowest BCUT2D eigenvalue weighted by atomic mass is 9.76. The highest BCUT2D eigenvalue weighted by Gasteiger charge is 2.39. The van der Waals surface area contributed by atoms with Gasteiger partial charge in [-0.05, 0) is 72.7 Å². The largest absolute Gasteiger partial charge is 0.342 e. The number of aromatic amines is 1. The zero-order valence-electron chi connectivity index (χ0n) is 27.1. The number of hydrogen-bond donors (Lipinski definition) is 2. The van der Waals surface area contributed by atoms with E-state index in [1.54, 1.807) is 0 Å². The molecule has 0 saturated carbocycles. The van der Waals surface area contributed by atoms with Gasteiger partial charge in [0.15, 0.2) is 0 Å². The number of nitrogens with zero attached hydrogens (tertiary/aromatic N) is 4. The first-order valence-electron chi connectivity index (χ1n) is 17.1. The van der Waals surface area contributed by atoms with Crippen molar-refractivity contribution in [3.05, 3.63) is 185 Å². The van der Waals surface area contributed by atoms with Gasteiger partial charge < -0.3 is 14.9 Å². The molecule has 0 saturated heterocycles. The summed E-state index contributed by atoms with van der Waals surface area (Å²) in [4.78, 5) is 18.4. The molecular formula is C42H40N6. The summed E-state index contributed by atoms with van der Waals surface area (Å²) in [5.41, 5.74) is 8.77. The van der Waals surface area contributed by atoms with Crippen LogP contribution in [-0.4, -0.2) is 31.0 Å². The molecule has 7 aromatic rings. The van der Waals surface area contributed by atoms with Gasteiger partial charge in [0.25, 0.3) is 0 Å².